The van der Waals surface area contributed by atoms with Crippen LogP contribution in [0.4, 0.5) is 0 Å². The van der Waals surface area contributed by atoms with Crippen LogP contribution >= 0.6 is 12.4 Å². The molecular weight excluding hydrogens is 274 g/mol. The third-order valence-corrected chi connectivity index (χ3v) is 4.19. The van der Waals surface area contributed by atoms with Gasteiger partial charge in [-0.3, -0.25) is 0 Å². The van der Waals surface area contributed by atoms with Crippen LogP contribution in [0, 0.1) is 5.92 Å². The number of methoxy groups -OCH3 is 1. The first kappa shape index (κ1) is 17.3. The fraction of sp³-hybridized carbons (Fsp3) is 0.625. The van der Waals surface area contributed by atoms with Crippen molar-refractivity contribution in [2.75, 3.05) is 27.7 Å². The van der Waals surface area contributed by atoms with Crippen LogP contribution in [-0.4, -0.2) is 37.8 Å². The first-order valence-corrected chi connectivity index (χ1v) is 7.08. The van der Waals surface area contributed by atoms with Gasteiger partial charge in [-0.25, -0.2) is 0 Å². The lowest BCUT2D eigenvalue weighted by atomic mass is 9.71. The van der Waals surface area contributed by atoms with Gasteiger partial charge < -0.3 is 14.7 Å². The molecular formula is C16H26ClNO2. The highest BCUT2D eigenvalue weighted by Crippen LogP contribution is 2.42. The van der Waals surface area contributed by atoms with Crippen molar-refractivity contribution in [1.82, 2.24) is 4.90 Å². The van der Waals surface area contributed by atoms with Crippen LogP contribution in [0.3, 0.4) is 0 Å². The average molecular weight is 300 g/mol. The third-order valence-electron chi connectivity index (χ3n) is 4.19. The summed E-state index contributed by atoms with van der Waals surface area (Å²) >= 11 is 0. The number of aliphatic hydroxyl groups is 1. The second-order valence-corrected chi connectivity index (χ2v) is 5.86. The Bertz CT molecular complexity index is 425. The summed E-state index contributed by atoms with van der Waals surface area (Å²) in [7, 11) is 5.81. The molecule has 1 N–H and O–H groups in total. The van der Waals surface area contributed by atoms with Crippen molar-refractivity contribution in [2.45, 2.75) is 31.3 Å². The van der Waals surface area contributed by atoms with Gasteiger partial charge in [-0.05, 0) is 44.6 Å². The molecule has 0 unspecified atom stereocenters. The minimum atomic E-state index is -0.711. The van der Waals surface area contributed by atoms with Gasteiger partial charge in [-0.1, -0.05) is 25.0 Å². The van der Waals surface area contributed by atoms with Gasteiger partial charge in [0, 0.05) is 12.5 Å². The van der Waals surface area contributed by atoms with Crippen LogP contribution in [0.15, 0.2) is 24.3 Å². The lowest BCUT2D eigenvalue weighted by Crippen LogP contribution is -2.43. The molecule has 0 saturated heterocycles. The van der Waals surface area contributed by atoms with E-state index >= 15 is 0 Å². The summed E-state index contributed by atoms with van der Waals surface area (Å²) in [4.78, 5) is 2.17. The molecule has 0 radical (unpaired) electrons. The fourth-order valence-electron chi connectivity index (χ4n) is 3.18. The number of hydrogen-bond donors (Lipinski definition) is 1. The van der Waals surface area contributed by atoms with Gasteiger partial charge in [-0.15, -0.1) is 12.4 Å². The minimum Gasteiger partial charge on any atom is -0.497 e. The van der Waals surface area contributed by atoms with E-state index < -0.39 is 5.60 Å². The first-order valence-electron chi connectivity index (χ1n) is 7.08. The smallest absolute Gasteiger partial charge is 0.119 e. The molecule has 0 spiro atoms. The van der Waals surface area contributed by atoms with Crippen LogP contribution in [0.2, 0.25) is 0 Å². The van der Waals surface area contributed by atoms with Gasteiger partial charge in [0.25, 0.3) is 0 Å². The molecule has 3 nitrogen and oxygen atoms in total. The lowest BCUT2D eigenvalue weighted by Gasteiger charge is -2.41. The van der Waals surface area contributed by atoms with Crippen LogP contribution in [0.1, 0.15) is 31.2 Å². The highest BCUT2D eigenvalue weighted by Gasteiger charge is 2.40. The summed E-state index contributed by atoms with van der Waals surface area (Å²) in [6.07, 6.45) is 4.24. The highest BCUT2D eigenvalue weighted by atomic mass is 35.5. The van der Waals surface area contributed by atoms with E-state index in [1.807, 2.05) is 24.3 Å². The van der Waals surface area contributed by atoms with Gasteiger partial charge in [-0.2, -0.15) is 0 Å². The monoisotopic (exact) mass is 299 g/mol. The maximum absolute atomic E-state index is 11.2. The zero-order chi connectivity index (χ0) is 13.9. The zero-order valence-electron chi connectivity index (χ0n) is 12.6. The Morgan fingerprint density at radius 3 is 2.75 bits per heavy atom. The fourth-order valence-corrected chi connectivity index (χ4v) is 3.18. The molecule has 114 valence electrons. The maximum atomic E-state index is 11.2. The van der Waals surface area contributed by atoms with Crippen LogP contribution in [0.25, 0.3) is 0 Å². The summed E-state index contributed by atoms with van der Waals surface area (Å²) in [6, 6.07) is 7.90. The van der Waals surface area contributed by atoms with Crippen molar-refractivity contribution < 1.29 is 9.84 Å². The second-order valence-electron chi connectivity index (χ2n) is 5.86. The van der Waals surface area contributed by atoms with Crippen molar-refractivity contribution in [3.63, 3.8) is 0 Å². The Kier molecular flexibility index (Phi) is 6.31. The van der Waals surface area contributed by atoms with Crippen LogP contribution in [0.5, 0.6) is 5.75 Å². The largest absolute Gasteiger partial charge is 0.497 e. The Morgan fingerprint density at radius 1 is 1.35 bits per heavy atom. The molecule has 1 aromatic rings. The summed E-state index contributed by atoms with van der Waals surface area (Å²) in [5.74, 6) is 1.11. The minimum absolute atomic E-state index is 0. The predicted octanol–water partition coefficient (Wildman–Crippen LogP) is 3.06. The van der Waals surface area contributed by atoms with E-state index in [0.717, 1.165) is 37.1 Å². The van der Waals surface area contributed by atoms with Crippen molar-refractivity contribution >= 4 is 12.4 Å². The van der Waals surface area contributed by atoms with Gasteiger partial charge in [0.15, 0.2) is 0 Å². The summed E-state index contributed by atoms with van der Waals surface area (Å²) in [5, 5.41) is 11.2. The molecule has 1 aromatic carbocycles. The molecule has 2 rings (SSSR count). The van der Waals surface area contributed by atoms with E-state index in [2.05, 4.69) is 19.0 Å². The molecule has 0 aliphatic heterocycles. The van der Waals surface area contributed by atoms with Crippen molar-refractivity contribution in [1.29, 1.82) is 0 Å². The zero-order valence-corrected chi connectivity index (χ0v) is 13.4. The molecule has 2 atom stereocenters. The third kappa shape index (κ3) is 3.66. The number of halogens is 1. The Balaban J connectivity index is 0.00000200. The quantitative estimate of drug-likeness (QED) is 0.927. The van der Waals surface area contributed by atoms with Crippen LogP contribution < -0.4 is 4.74 Å². The lowest BCUT2D eigenvalue weighted by molar-refractivity contribution is -0.0619. The predicted molar refractivity (Wildman–Crippen MR) is 84.7 cm³/mol. The average Bonchev–Trinajstić information content (AvgIpc) is 2.41. The van der Waals surface area contributed by atoms with Crippen molar-refractivity contribution in [3.8, 4) is 5.75 Å². The molecule has 0 aromatic heterocycles. The molecule has 4 heteroatoms. The Morgan fingerprint density at radius 2 is 2.10 bits per heavy atom. The van der Waals surface area contributed by atoms with E-state index in [4.69, 9.17) is 4.74 Å². The molecule has 20 heavy (non-hydrogen) atoms. The van der Waals surface area contributed by atoms with Crippen molar-refractivity contribution in [2.24, 2.45) is 5.92 Å². The van der Waals surface area contributed by atoms with E-state index in [-0.39, 0.29) is 12.4 Å². The normalized spacial score (nSPS) is 26.1. The Hall–Kier alpha value is -0.770. The molecule has 0 heterocycles. The first-order chi connectivity index (χ1) is 9.06. The number of rotatable bonds is 4. The van der Waals surface area contributed by atoms with Crippen molar-refractivity contribution in [3.05, 3.63) is 29.8 Å². The van der Waals surface area contributed by atoms with Gasteiger partial charge in [0.1, 0.15) is 5.75 Å². The van der Waals surface area contributed by atoms with E-state index in [9.17, 15) is 5.11 Å². The standard InChI is InChI=1S/C16H25NO2.ClH/c1-17(2)12-14-7-4-5-10-16(14,18)13-8-6-9-15(11-13)19-3;/h6,8-9,11,14,18H,4-5,7,10,12H2,1-3H3;1H/t14-,16-;/m1./s1. The number of nitrogens with zero attached hydrogens (tertiary/aromatic N) is 1. The topological polar surface area (TPSA) is 32.7 Å². The maximum Gasteiger partial charge on any atom is 0.119 e. The molecule has 0 bridgehead atoms. The second kappa shape index (κ2) is 7.30. The summed E-state index contributed by atoms with van der Waals surface area (Å²) in [5.41, 5.74) is 0.287. The number of hydrogen-bond acceptors (Lipinski definition) is 3. The highest BCUT2D eigenvalue weighted by molar-refractivity contribution is 5.85. The molecule has 0 amide bonds. The van der Waals surface area contributed by atoms with Crippen LogP contribution in [-0.2, 0) is 5.60 Å². The van der Waals surface area contributed by atoms with E-state index in [1.54, 1.807) is 7.11 Å². The number of ether oxygens (including phenoxy) is 1. The molecule has 1 aliphatic rings. The number of benzene rings is 1. The van der Waals surface area contributed by atoms with Gasteiger partial charge in [0.05, 0.1) is 12.7 Å². The van der Waals surface area contributed by atoms with E-state index in [1.165, 1.54) is 6.42 Å². The summed E-state index contributed by atoms with van der Waals surface area (Å²) in [6.45, 7) is 0.924. The molecule has 1 fully saturated rings. The summed E-state index contributed by atoms with van der Waals surface area (Å²) < 4.78 is 5.29. The Labute approximate surface area is 128 Å². The SMILES string of the molecule is COc1cccc([C@]2(O)CCCC[C@@H]2CN(C)C)c1.Cl. The van der Waals surface area contributed by atoms with Gasteiger partial charge >= 0.3 is 0 Å². The molecule has 1 aliphatic carbocycles. The van der Waals surface area contributed by atoms with E-state index in [0.29, 0.717) is 5.92 Å². The molecule has 1 saturated carbocycles. The van der Waals surface area contributed by atoms with Gasteiger partial charge in [0.2, 0.25) is 0 Å².